The quantitative estimate of drug-likeness (QED) is 0.569. The second-order valence-electron chi connectivity index (χ2n) is 3.20. The minimum Gasteiger partial charge on any atom is -0.324 e. The number of benzene rings is 1. The molecule has 0 saturated heterocycles. The molecule has 1 heteroatoms. The molecule has 0 saturated carbocycles. The maximum absolute atomic E-state index is 5.90. The SMILES string of the molecule is C#Cc1ccc2c(c1)C(N)CC2. The highest BCUT2D eigenvalue weighted by atomic mass is 14.6. The maximum atomic E-state index is 5.90. The first-order valence-electron chi connectivity index (χ1n) is 4.16. The first-order chi connectivity index (χ1) is 5.81. The van der Waals surface area contributed by atoms with Crippen LogP contribution < -0.4 is 5.73 Å². The molecular formula is C11H11N. The van der Waals surface area contributed by atoms with Gasteiger partial charge in [-0.15, -0.1) is 6.42 Å². The Balaban J connectivity index is 2.52. The summed E-state index contributed by atoms with van der Waals surface area (Å²) in [6.45, 7) is 0. The molecule has 0 spiro atoms. The van der Waals surface area contributed by atoms with Crippen LogP contribution in [0, 0.1) is 12.3 Å². The molecule has 0 aromatic heterocycles. The van der Waals surface area contributed by atoms with Gasteiger partial charge in [-0.25, -0.2) is 0 Å². The number of hydrogen-bond acceptors (Lipinski definition) is 1. The molecule has 1 atom stereocenters. The van der Waals surface area contributed by atoms with E-state index in [-0.39, 0.29) is 6.04 Å². The van der Waals surface area contributed by atoms with Crippen LogP contribution in [-0.4, -0.2) is 0 Å². The minimum atomic E-state index is 0.202. The molecule has 0 fully saturated rings. The van der Waals surface area contributed by atoms with Crippen LogP contribution in [0.1, 0.15) is 29.2 Å². The van der Waals surface area contributed by atoms with Crippen LogP contribution in [0.25, 0.3) is 0 Å². The third kappa shape index (κ3) is 1.01. The zero-order chi connectivity index (χ0) is 8.55. The van der Waals surface area contributed by atoms with Gasteiger partial charge in [-0.2, -0.15) is 0 Å². The fourth-order valence-electron chi connectivity index (χ4n) is 1.72. The minimum absolute atomic E-state index is 0.202. The zero-order valence-corrected chi connectivity index (χ0v) is 6.88. The van der Waals surface area contributed by atoms with Crippen molar-refractivity contribution >= 4 is 0 Å². The summed E-state index contributed by atoms with van der Waals surface area (Å²) in [5.74, 6) is 2.62. The van der Waals surface area contributed by atoms with E-state index in [2.05, 4.69) is 12.0 Å². The van der Waals surface area contributed by atoms with E-state index in [0.717, 1.165) is 18.4 Å². The lowest BCUT2D eigenvalue weighted by Crippen LogP contribution is -2.05. The monoisotopic (exact) mass is 157 g/mol. The van der Waals surface area contributed by atoms with E-state index in [1.165, 1.54) is 11.1 Å². The molecule has 0 aliphatic heterocycles. The fourth-order valence-corrected chi connectivity index (χ4v) is 1.72. The van der Waals surface area contributed by atoms with Crippen molar-refractivity contribution in [3.05, 3.63) is 34.9 Å². The van der Waals surface area contributed by atoms with Gasteiger partial charge < -0.3 is 5.73 Å². The van der Waals surface area contributed by atoms with Crippen LogP contribution in [-0.2, 0) is 6.42 Å². The van der Waals surface area contributed by atoms with Gasteiger partial charge in [0, 0.05) is 11.6 Å². The molecule has 2 rings (SSSR count). The highest BCUT2D eigenvalue weighted by molar-refractivity contribution is 5.43. The van der Waals surface area contributed by atoms with Crippen LogP contribution in [0.2, 0.25) is 0 Å². The Kier molecular flexibility index (Phi) is 1.64. The Bertz CT molecular complexity index is 347. The largest absolute Gasteiger partial charge is 0.324 e. The second-order valence-corrected chi connectivity index (χ2v) is 3.20. The van der Waals surface area contributed by atoms with Crippen LogP contribution in [0.15, 0.2) is 18.2 Å². The zero-order valence-electron chi connectivity index (χ0n) is 6.88. The smallest absolute Gasteiger partial charge is 0.0301 e. The molecule has 1 aromatic rings. The third-order valence-corrected chi connectivity index (χ3v) is 2.44. The summed E-state index contributed by atoms with van der Waals surface area (Å²) >= 11 is 0. The summed E-state index contributed by atoms with van der Waals surface area (Å²) in [6, 6.07) is 6.31. The molecule has 12 heavy (non-hydrogen) atoms. The number of nitrogens with two attached hydrogens (primary N) is 1. The average molecular weight is 157 g/mol. The van der Waals surface area contributed by atoms with Crippen LogP contribution >= 0.6 is 0 Å². The van der Waals surface area contributed by atoms with Crippen molar-refractivity contribution in [1.82, 2.24) is 0 Å². The highest BCUT2D eigenvalue weighted by Crippen LogP contribution is 2.29. The molecule has 1 aromatic carbocycles. The van der Waals surface area contributed by atoms with E-state index in [1.807, 2.05) is 12.1 Å². The average Bonchev–Trinajstić information content (AvgIpc) is 2.47. The highest BCUT2D eigenvalue weighted by Gasteiger charge is 2.18. The topological polar surface area (TPSA) is 26.0 Å². The van der Waals surface area contributed by atoms with E-state index in [0.29, 0.717) is 0 Å². The van der Waals surface area contributed by atoms with Gasteiger partial charge in [0.1, 0.15) is 0 Å². The molecule has 0 heterocycles. The Morgan fingerprint density at radius 1 is 1.50 bits per heavy atom. The number of rotatable bonds is 0. The normalized spacial score (nSPS) is 20.2. The van der Waals surface area contributed by atoms with Crippen LogP contribution in [0.4, 0.5) is 0 Å². The first-order valence-corrected chi connectivity index (χ1v) is 4.16. The van der Waals surface area contributed by atoms with E-state index in [4.69, 9.17) is 12.2 Å². The Morgan fingerprint density at radius 2 is 2.33 bits per heavy atom. The van der Waals surface area contributed by atoms with Gasteiger partial charge in [-0.05, 0) is 36.1 Å². The summed E-state index contributed by atoms with van der Waals surface area (Å²) in [6.07, 6.45) is 7.46. The predicted octanol–water partition coefficient (Wildman–Crippen LogP) is 1.61. The maximum Gasteiger partial charge on any atom is 0.0301 e. The van der Waals surface area contributed by atoms with Crippen LogP contribution in [0.3, 0.4) is 0 Å². The lowest BCUT2D eigenvalue weighted by atomic mass is 10.1. The standard InChI is InChI=1S/C11H11N/c1-2-8-3-4-9-5-6-11(12)10(9)7-8/h1,3-4,7,11H,5-6,12H2. The number of hydrogen-bond donors (Lipinski definition) is 1. The van der Waals surface area contributed by atoms with Gasteiger partial charge in [-0.1, -0.05) is 12.0 Å². The van der Waals surface area contributed by atoms with Gasteiger partial charge in [0.2, 0.25) is 0 Å². The lowest BCUT2D eigenvalue weighted by Gasteiger charge is -2.04. The molecule has 0 bridgehead atoms. The summed E-state index contributed by atoms with van der Waals surface area (Å²) in [5, 5.41) is 0. The summed E-state index contributed by atoms with van der Waals surface area (Å²) in [5.41, 5.74) is 9.44. The Hall–Kier alpha value is -1.26. The predicted molar refractivity (Wildman–Crippen MR) is 49.6 cm³/mol. The molecule has 60 valence electrons. The van der Waals surface area contributed by atoms with Gasteiger partial charge in [0.15, 0.2) is 0 Å². The third-order valence-electron chi connectivity index (χ3n) is 2.44. The molecule has 1 nitrogen and oxygen atoms in total. The van der Waals surface area contributed by atoms with E-state index >= 15 is 0 Å². The van der Waals surface area contributed by atoms with Crippen molar-refractivity contribution in [3.8, 4) is 12.3 Å². The molecule has 0 amide bonds. The van der Waals surface area contributed by atoms with Gasteiger partial charge in [-0.3, -0.25) is 0 Å². The van der Waals surface area contributed by atoms with Crippen molar-refractivity contribution in [3.63, 3.8) is 0 Å². The summed E-state index contributed by atoms with van der Waals surface area (Å²) in [7, 11) is 0. The fraction of sp³-hybridized carbons (Fsp3) is 0.273. The van der Waals surface area contributed by atoms with E-state index in [9.17, 15) is 0 Å². The van der Waals surface area contributed by atoms with Gasteiger partial charge in [0.25, 0.3) is 0 Å². The Labute approximate surface area is 72.6 Å². The van der Waals surface area contributed by atoms with Gasteiger partial charge >= 0.3 is 0 Å². The molecule has 1 aliphatic rings. The van der Waals surface area contributed by atoms with Crippen molar-refractivity contribution in [2.45, 2.75) is 18.9 Å². The van der Waals surface area contributed by atoms with Crippen molar-refractivity contribution in [1.29, 1.82) is 0 Å². The lowest BCUT2D eigenvalue weighted by molar-refractivity contribution is 0.713. The first kappa shape index (κ1) is 7.39. The molecule has 2 N–H and O–H groups in total. The molecule has 0 radical (unpaired) electrons. The van der Waals surface area contributed by atoms with Crippen LogP contribution in [0.5, 0.6) is 0 Å². The summed E-state index contributed by atoms with van der Waals surface area (Å²) in [4.78, 5) is 0. The molecular weight excluding hydrogens is 146 g/mol. The number of fused-ring (bicyclic) bond motifs is 1. The van der Waals surface area contributed by atoms with Crippen molar-refractivity contribution in [2.75, 3.05) is 0 Å². The Morgan fingerprint density at radius 3 is 3.08 bits per heavy atom. The second kappa shape index (κ2) is 2.66. The van der Waals surface area contributed by atoms with Crippen molar-refractivity contribution in [2.24, 2.45) is 5.73 Å². The number of aryl methyl sites for hydroxylation is 1. The summed E-state index contributed by atoms with van der Waals surface area (Å²) < 4.78 is 0. The molecule has 1 unspecified atom stereocenters. The van der Waals surface area contributed by atoms with E-state index in [1.54, 1.807) is 0 Å². The molecule has 1 aliphatic carbocycles. The van der Waals surface area contributed by atoms with Gasteiger partial charge in [0.05, 0.1) is 0 Å². The number of terminal acetylenes is 1. The van der Waals surface area contributed by atoms with Crippen molar-refractivity contribution < 1.29 is 0 Å². The van der Waals surface area contributed by atoms with E-state index < -0.39 is 0 Å².